The second-order valence-corrected chi connectivity index (χ2v) is 4.44. The minimum atomic E-state index is -0.221. The lowest BCUT2D eigenvalue weighted by molar-refractivity contribution is 0.220. The lowest BCUT2D eigenvalue weighted by Gasteiger charge is -2.22. The monoisotopic (exact) mass is 223 g/mol. The number of rotatable bonds is 4. The van der Waals surface area contributed by atoms with E-state index < -0.39 is 0 Å². The van der Waals surface area contributed by atoms with Crippen LogP contribution < -0.4 is 0 Å². The van der Waals surface area contributed by atoms with Gasteiger partial charge in [-0.2, -0.15) is 0 Å². The molecule has 88 valence electrons. The van der Waals surface area contributed by atoms with Gasteiger partial charge in [-0.05, 0) is 43.6 Å². The van der Waals surface area contributed by atoms with Gasteiger partial charge in [0.2, 0.25) is 0 Å². The van der Waals surface area contributed by atoms with E-state index in [0.29, 0.717) is 0 Å². The Hall–Kier alpha value is -0.930. The van der Waals surface area contributed by atoms with Crippen LogP contribution in [0.2, 0.25) is 0 Å². The molecule has 1 aromatic rings. The Balaban J connectivity index is 2.00. The lowest BCUT2D eigenvalue weighted by Crippen LogP contribution is -2.27. The molecule has 0 radical (unpaired) electrons. The van der Waals surface area contributed by atoms with E-state index in [1.54, 1.807) is 12.1 Å². The fraction of sp³-hybridized carbons (Fsp3) is 0.538. The molecule has 1 N–H and O–H groups in total. The summed E-state index contributed by atoms with van der Waals surface area (Å²) in [5, 5.41) is 9.39. The Morgan fingerprint density at radius 2 is 1.81 bits per heavy atom. The molecule has 2 rings (SSSR count). The topological polar surface area (TPSA) is 23.5 Å². The maximum absolute atomic E-state index is 12.8. The number of nitrogens with zero attached hydrogens (tertiary/aromatic N) is 1. The summed E-state index contributed by atoms with van der Waals surface area (Å²) in [6.07, 6.45) is 2.50. The van der Waals surface area contributed by atoms with Gasteiger partial charge in [0.05, 0.1) is 6.61 Å². The number of hydrogen-bond acceptors (Lipinski definition) is 2. The minimum absolute atomic E-state index is 0.110. The van der Waals surface area contributed by atoms with Gasteiger partial charge < -0.3 is 10.0 Å². The molecule has 1 aromatic carbocycles. The van der Waals surface area contributed by atoms with Crippen molar-refractivity contribution in [2.75, 3.05) is 26.2 Å². The summed E-state index contributed by atoms with van der Waals surface area (Å²) in [6, 6.07) is 6.46. The van der Waals surface area contributed by atoms with Gasteiger partial charge in [-0.1, -0.05) is 12.1 Å². The van der Waals surface area contributed by atoms with Crippen molar-refractivity contribution in [1.82, 2.24) is 4.90 Å². The molecule has 0 aromatic heterocycles. The van der Waals surface area contributed by atoms with E-state index in [-0.39, 0.29) is 18.3 Å². The van der Waals surface area contributed by atoms with Crippen LogP contribution in [0.3, 0.4) is 0 Å². The van der Waals surface area contributed by atoms with Crippen molar-refractivity contribution in [1.29, 1.82) is 0 Å². The predicted molar refractivity (Wildman–Crippen MR) is 61.9 cm³/mol. The summed E-state index contributed by atoms with van der Waals surface area (Å²) in [5.74, 6) is -0.111. The Morgan fingerprint density at radius 3 is 2.38 bits per heavy atom. The van der Waals surface area contributed by atoms with Crippen LogP contribution in [0.1, 0.15) is 24.3 Å². The Morgan fingerprint density at radius 1 is 1.19 bits per heavy atom. The van der Waals surface area contributed by atoms with Gasteiger partial charge >= 0.3 is 0 Å². The van der Waals surface area contributed by atoms with E-state index >= 15 is 0 Å². The highest BCUT2D eigenvalue weighted by Crippen LogP contribution is 2.19. The average molecular weight is 223 g/mol. The van der Waals surface area contributed by atoms with E-state index in [1.807, 2.05) is 0 Å². The average Bonchev–Trinajstić information content (AvgIpc) is 2.80. The first-order valence-corrected chi connectivity index (χ1v) is 5.88. The molecule has 2 nitrogen and oxygen atoms in total. The number of halogens is 1. The second kappa shape index (κ2) is 5.41. The largest absolute Gasteiger partial charge is 0.396 e. The normalized spacial score (nSPS) is 18.9. The highest BCUT2D eigenvalue weighted by molar-refractivity contribution is 5.21. The molecule has 1 aliphatic heterocycles. The van der Waals surface area contributed by atoms with Crippen LogP contribution in [-0.2, 0) is 0 Å². The van der Waals surface area contributed by atoms with Crippen molar-refractivity contribution in [3.8, 4) is 0 Å². The molecular formula is C13H18FNO. The van der Waals surface area contributed by atoms with Gasteiger partial charge in [-0.3, -0.25) is 0 Å². The quantitative estimate of drug-likeness (QED) is 0.844. The van der Waals surface area contributed by atoms with Crippen molar-refractivity contribution in [3.63, 3.8) is 0 Å². The number of aliphatic hydroxyl groups is 1. The molecule has 3 heteroatoms. The summed E-state index contributed by atoms with van der Waals surface area (Å²) in [5.41, 5.74) is 1.02. The zero-order valence-corrected chi connectivity index (χ0v) is 9.40. The van der Waals surface area contributed by atoms with E-state index in [1.165, 1.54) is 25.0 Å². The number of likely N-dealkylation sites (tertiary alicyclic amines) is 1. The van der Waals surface area contributed by atoms with Gasteiger partial charge in [0.1, 0.15) is 5.82 Å². The molecule has 0 aliphatic carbocycles. The molecule has 1 aliphatic rings. The van der Waals surface area contributed by atoms with Crippen LogP contribution in [0.15, 0.2) is 24.3 Å². The van der Waals surface area contributed by atoms with Crippen molar-refractivity contribution in [2.24, 2.45) is 0 Å². The zero-order chi connectivity index (χ0) is 11.4. The third-order valence-corrected chi connectivity index (χ3v) is 3.24. The third-order valence-electron chi connectivity index (χ3n) is 3.24. The van der Waals surface area contributed by atoms with Gasteiger partial charge in [-0.25, -0.2) is 4.39 Å². The zero-order valence-electron chi connectivity index (χ0n) is 9.40. The van der Waals surface area contributed by atoms with Gasteiger partial charge in [0, 0.05) is 12.5 Å². The van der Waals surface area contributed by atoms with Crippen molar-refractivity contribution in [2.45, 2.75) is 18.8 Å². The van der Waals surface area contributed by atoms with Gasteiger partial charge in [0.15, 0.2) is 0 Å². The first-order valence-electron chi connectivity index (χ1n) is 5.88. The molecule has 1 unspecified atom stereocenters. The highest BCUT2D eigenvalue weighted by Gasteiger charge is 2.18. The SMILES string of the molecule is OCC(CN1CCCC1)c1ccc(F)cc1. The van der Waals surface area contributed by atoms with Crippen LogP contribution in [0.25, 0.3) is 0 Å². The van der Waals surface area contributed by atoms with E-state index in [2.05, 4.69) is 4.90 Å². The fourth-order valence-electron chi connectivity index (χ4n) is 2.28. The highest BCUT2D eigenvalue weighted by atomic mass is 19.1. The predicted octanol–water partition coefficient (Wildman–Crippen LogP) is 2.00. The van der Waals surface area contributed by atoms with Crippen LogP contribution in [0.4, 0.5) is 4.39 Å². The fourth-order valence-corrected chi connectivity index (χ4v) is 2.28. The van der Waals surface area contributed by atoms with Gasteiger partial charge in [-0.15, -0.1) is 0 Å². The summed E-state index contributed by atoms with van der Waals surface area (Å²) >= 11 is 0. The summed E-state index contributed by atoms with van der Waals surface area (Å²) in [6.45, 7) is 3.25. The molecule has 1 fully saturated rings. The van der Waals surface area contributed by atoms with Crippen molar-refractivity contribution >= 4 is 0 Å². The Bertz CT molecular complexity index is 319. The first-order chi connectivity index (χ1) is 7.79. The number of aliphatic hydroxyl groups excluding tert-OH is 1. The first kappa shape index (κ1) is 11.6. The number of hydrogen-bond donors (Lipinski definition) is 1. The maximum Gasteiger partial charge on any atom is 0.123 e. The van der Waals surface area contributed by atoms with E-state index in [0.717, 1.165) is 25.2 Å². The summed E-state index contributed by atoms with van der Waals surface area (Å²) < 4.78 is 12.8. The standard InChI is InChI=1S/C13H18FNO/c14-13-5-3-11(4-6-13)12(10-16)9-15-7-1-2-8-15/h3-6,12,16H,1-2,7-10H2. The molecule has 1 saturated heterocycles. The molecule has 0 amide bonds. The molecule has 0 bridgehead atoms. The van der Waals surface area contributed by atoms with Crippen molar-refractivity contribution < 1.29 is 9.50 Å². The van der Waals surface area contributed by atoms with Crippen LogP contribution in [0.5, 0.6) is 0 Å². The maximum atomic E-state index is 12.8. The Labute approximate surface area is 95.7 Å². The summed E-state index contributed by atoms with van der Waals surface area (Å²) in [4.78, 5) is 2.37. The number of benzene rings is 1. The van der Waals surface area contributed by atoms with Crippen LogP contribution in [-0.4, -0.2) is 36.2 Å². The van der Waals surface area contributed by atoms with E-state index in [9.17, 15) is 9.50 Å². The van der Waals surface area contributed by atoms with Crippen LogP contribution in [0, 0.1) is 5.82 Å². The molecule has 0 saturated carbocycles. The second-order valence-electron chi connectivity index (χ2n) is 4.44. The molecular weight excluding hydrogens is 205 g/mol. The molecule has 1 atom stereocenters. The smallest absolute Gasteiger partial charge is 0.123 e. The summed E-state index contributed by atoms with van der Waals surface area (Å²) in [7, 11) is 0. The molecule has 1 heterocycles. The molecule has 0 spiro atoms. The minimum Gasteiger partial charge on any atom is -0.396 e. The van der Waals surface area contributed by atoms with E-state index in [4.69, 9.17) is 0 Å². The lowest BCUT2D eigenvalue weighted by atomic mass is 9.99. The Kier molecular flexibility index (Phi) is 3.91. The van der Waals surface area contributed by atoms with Crippen molar-refractivity contribution in [3.05, 3.63) is 35.6 Å². The van der Waals surface area contributed by atoms with Gasteiger partial charge in [0.25, 0.3) is 0 Å². The van der Waals surface area contributed by atoms with Crippen LogP contribution >= 0.6 is 0 Å². The molecule has 16 heavy (non-hydrogen) atoms. The third kappa shape index (κ3) is 2.80.